The average molecular weight is 221 g/mol. The Morgan fingerprint density at radius 2 is 1.88 bits per heavy atom. The van der Waals surface area contributed by atoms with E-state index in [1.807, 2.05) is 0 Å². The van der Waals surface area contributed by atoms with Crippen LogP contribution in [0.5, 0.6) is 0 Å². The summed E-state index contributed by atoms with van der Waals surface area (Å²) >= 11 is 0. The molecule has 5 nitrogen and oxygen atoms in total. The van der Waals surface area contributed by atoms with Crippen molar-refractivity contribution in [3.8, 4) is 0 Å². The van der Waals surface area contributed by atoms with Crippen molar-refractivity contribution in [2.45, 2.75) is 13.3 Å². The van der Waals surface area contributed by atoms with E-state index in [0.29, 0.717) is 0 Å². The van der Waals surface area contributed by atoms with Crippen LogP contribution in [-0.2, 0) is 9.59 Å². The molecule has 16 heavy (non-hydrogen) atoms. The van der Waals surface area contributed by atoms with Gasteiger partial charge in [0, 0.05) is 0 Å². The third kappa shape index (κ3) is 3.20. The Morgan fingerprint density at radius 1 is 1.25 bits per heavy atom. The molecule has 1 aromatic carbocycles. The molecule has 0 fully saturated rings. The summed E-state index contributed by atoms with van der Waals surface area (Å²) in [7, 11) is 0. The molecule has 0 heterocycles. The van der Waals surface area contributed by atoms with Crippen molar-refractivity contribution in [2.24, 2.45) is 0 Å². The summed E-state index contributed by atoms with van der Waals surface area (Å²) in [5.74, 6) is -1.91. The first-order valence-corrected chi connectivity index (χ1v) is 4.62. The molecule has 0 saturated carbocycles. The molecule has 2 N–H and O–H groups in total. The van der Waals surface area contributed by atoms with Crippen LogP contribution >= 0.6 is 0 Å². The van der Waals surface area contributed by atoms with E-state index in [4.69, 9.17) is 5.11 Å². The molecule has 0 aromatic heterocycles. The van der Waals surface area contributed by atoms with Crippen LogP contribution in [-0.4, -0.2) is 22.8 Å². The zero-order valence-corrected chi connectivity index (χ0v) is 8.69. The standard InChI is InChI=1S/C11H11NO4/c1-7(13)6-10(14)12-9-5-3-2-4-8(9)11(15)16/h2-5H,6H2,1H3,(H,12,14)(H,15,16). The number of carbonyl (C=O) groups excluding carboxylic acids is 2. The Bertz CT molecular complexity index is 439. The number of Topliss-reactive ketones (excluding diaryl/α,β-unsaturated/α-hetero) is 1. The normalized spacial score (nSPS) is 9.56. The average Bonchev–Trinajstić information content (AvgIpc) is 2.16. The number of ketones is 1. The molecule has 0 aliphatic rings. The number of amides is 1. The number of para-hydroxylation sites is 1. The predicted octanol–water partition coefficient (Wildman–Crippen LogP) is 1.30. The molecule has 0 spiro atoms. The Kier molecular flexibility index (Phi) is 3.77. The Hall–Kier alpha value is -2.17. The zero-order chi connectivity index (χ0) is 12.1. The van der Waals surface area contributed by atoms with Crippen molar-refractivity contribution in [2.75, 3.05) is 5.32 Å². The number of anilines is 1. The Labute approximate surface area is 92.1 Å². The number of hydrogen-bond donors (Lipinski definition) is 2. The van der Waals surface area contributed by atoms with Gasteiger partial charge in [-0.05, 0) is 19.1 Å². The largest absolute Gasteiger partial charge is 0.478 e. The lowest BCUT2D eigenvalue weighted by Gasteiger charge is -2.06. The predicted molar refractivity (Wildman–Crippen MR) is 57.3 cm³/mol. The van der Waals surface area contributed by atoms with Crippen molar-refractivity contribution in [1.29, 1.82) is 0 Å². The van der Waals surface area contributed by atoms with Gasteiger partial charge in [0.2, 0.25) is 5.91 Å². The number of nitrogens with one attached hydrogen (secondary N) is 1. The molecule has 0 aliphatic heterocycles. The highest BCUT2D eigenvalue weighted by Crippen LogP contribution is 2.14. The monoisotopic (exact) mass is 221 g/mol. The van der Waals surface area contributed by atoms with Gasteiger partial charge < -0.3 is 10.4 Å². The van der Waals surface area contributed by atoms with Gasteiger partial charge in [-0.1, -0.05) is 12.1 Å². The number of carbonyl (C=O) groups is 3. The van der Waals surface area contributed by atoms with Crippen molar-refractivity contribution in [3.63, 3.8) is 0 Å². The van der Waals surface area contributed by atoms with Crippen LogP contribution in [0.4, 0.5) is 5.69 Å². The first kappa shape index (κ1) is 11.9. The van der Waals surface area contributed by atoms with Crippen molar-refractivity contribution in [3.05, 3.63) is 29.8 Å². The summed E-state index contributed by atoms with van der Waals surface area (Å²) in [6.45, 7) is 1.29. The summed E-state index contributed by atoms with van der Waals surface area (Å²) in [5.41, 5.74) is 0.195. The van der Waals surface area contributed by atoms with E-state index in [1.54, 1.807) is 12.1 Å². The first-order chi connectivity index (χ1) is 7.50. The van der Waals surface area contributed by atoms with Gasteiger partial charge in [0.25, 0.3) is 0 Å². The molecule has 1 aromatic rings. The van der Waals surface area contributed by atoms with E-state index < -0.39 is 11.9 Å². The summed E-state index contributed by atoms with van der Waals surface area (Å²) in [6.07, 6.45) is -0.256. The molecule has 0 saturated heterocycles. The fourth-order valence-electron chi connectivity index (χ4n) is 1.20. The SMILES string of the molecule is CC(=O)CC(=O)Nc1ccccc1C(=O)O. The fraction of sp³-hybridized carbons (Fsp3) is 0.182. The third-order valence-electron chi connectivity index (χ3n) is 1.84. The van der Waals surface area contributed by atoms with E-state index in [-0.39, 0.29) is 23.5 Å². The van der Waals surface area contributed by atoms with Crippen LogP contribution < -0.4 is 5.32 Å². The van der Waals surface area contributed by atoms with E-state index >= 15 is 0 Å². The van der Waals surface area contributed by atoms with Crippen molar-refractivity contribution in [1.82, 2.24) is 0 Å². The summed E-state index contributed by atoms with van der Waals surface area (Å²) in [4.78, 5) is 32.8. The molecule has 0 bridgehead atoms. The summed E-state index contributed by atoms with van der Waals surface area (Å²) < 4.78 is 0. The minimum atomic E-state index is -1.13. The quantitative estimate of drug-likeness (QED) is 0.750. The third-order valence-corrected chi connectivity index (χ3v) is 1.84. The van der Waals surface area contributed by atoms with E-state index in [0.717, 1.165) is 0 Å². The number of carboxylic acids is 1. The highest BCUT2D eigenvalue weighted by Gasteiger charge is 2.12. The van der Waals surface area contributed by atoms with Crippen molar-refractivity contribution < 1.29 is 19.5 Å². The number of aromatic carboxylic acids is 1. The van der Waals surface area contributed by atoms with Gasteiger partial charge in [-0.3, -0.25) is 9.59 Å². The van der Waals surface area contributed by atoms with Gasteiger partial charge in [0.05, 0.1) is 17.7 Å². The number of benzene rings is 1. The van der Waals surface area contributed by atoms with Gasteiger partial charge in [-0.25, -0.2) is 4.79 Å². The molecule has 1 amide bonds. The second-order valence-electron chi connectivity index (χ2n) is 3.28. The maximum absolute atomic E-state index is 11.3. The van der Waals surface area contributed by atoms with Crippen LogP contribution in [0.2, 0.25) is 0 Å². The maximum atomic E-state index is 11.3. The number of carboxylic acid groups (broad SMARTS) is 1. The molecule has 0 aliphatic carbocycles. The number of rotatable bonds is 4. The van der Waals surface area contributed by atoms with E-state index in [2.05, 4.69) is 5.32 Å². The highest BCUT2D eigenvalue weighted by molar-refractivity contribution is 6.06. The molecule has 84 valence electrons. The lowest BCUT2D eigenvalue weighted by atomic mass is 10.1. The topological polar surface area (TPSA) is 83.5 Å². The molecule has 0 radical (unpaired) electrons. The van der Waals surface area contributed by atoms with Crippen LogP contribution in [0.3, 0.4) is 0 Å². The van der Waals surface area contributed by atoms with Crippen LogP contribution in [0.15, 0.2) is 24.3 Å². The minimum absolute atomic E-state index is 0.000554. The first-order valence-electron chi connectivity index (χ1n) is 4.62. The van der Waals surface area contributed by atoms with Crippen molar-refractivity contribution >= 4 is 23.3 Å². The van der Waals surface area contributed by atoms with Gasteiger partial charge in [0.15, 0.2) is 0 Å². The van der Waals surface area contributed by atoms with Gasteiger partial charge in [-0.2, -0.15) is 0 Å². The second-order valence-corrected chi connectivity index (χ2v) is 3.28. The molecule has 1 rings (SSSR count). The molecular formula is C11H11NO4. The van der Waals surface area contributed by atoms with Crippen LogP contribution in [0.25, 0.3) is 0 Å². The summed E-state index contributed by atoms with van der Waals surface area (Å²) in [5, 5.41) is 11.2. The zero-order valence-electron chi connectivity index (χ0n) is 8.69. The molecule has 0 atom stereocenters. The van der Waals surface area contributed by atoms with Gasteiger partial charge in [-0.15, -0.1) is 0 Å². The maximum Gasteiger partial charge on any atom is 0.337 e. The van der Waals surface area contributed by atoms with E-state index in [1.165, 1.54) is 19.1 Å². The van der Waals surface area contributed by atoms with Crippen LogP contribution in [0.1, 0.15) is 23.7 Å². The molecule has 0 unspecified atom stereocenters. The smallest absolute Gasteiger partial charge is 0.337 e. The highest BCUT2D eigenvalue weighted by atomic mass is 16.4. The fourth-order valence-corrected chi connectivity index (χ4v) is 1.20. The van der Waals surface area contributed by atoms with E-state index in [9.17, 15) is 14.4 Å². The lowest BCUT2D eigenvalue weighted by Crippen LogP contribution is -2.16. The second kappa shape index (κ2) is 5.06. The minimum Gasteiger partial charge on any atom is -0.478 e. The van der Waals surface area contributed by atoms with Gasteiger partial charge in [0.1, 0.15) is 5.78 Å². The molecular weight excluding hydrogens is 210 g/mol. The van der Waals surface area contributed by atoms with Gasteiger partial charge >= 0.3 is 5.97 Å². The number of hydrogen-bond acceptors (Lipinski definition) is 3. The Morgan fingerprint density at radius 3 is 2.44 bits per heavy atom. The Balaban J connectivity index is 2.84. The lowest BCUT2D eigenvalue weighted by molar-refractivity contribution is -0.124. The summed E-state index contributed by atoms with van der Waals surface area (Å²) in [6, 6.07) is 6.02. The molecule has 5 heteroatoms. The van der Waals surface area contributed by atoms with Crippen LogP contribution in [0, 0.1) is 0 Å².